The van der Waals surface area contributed by atoms with Crippen molar-refractivity contribution >= 4 is 52.7 Å². The molecule has 2 unspecified atom stereocenters. The Balaban J connectivity index is 1.44. The molecule has 2 fully saturated rings. The molecule has 13 nitrogen and oxygen atoms in total. The average molecular weight is 726 g/mol. The smallest absolute Gasteiger partial charge is 0.309 e. The Bertz CT molecular complexity index is 1620. The second-order valence-electron chi connectivity index (χ2n) is 15.0. The minimum Gasteiger partial charge on any atom is -0.469 e. The number of hydrogen-bond donors (Lipinski definition) is 4. The highest BCUT2D eigenvalue weighted by molar-refractivity contribution is 6.38. The van der Waals surface area contributed by atoms with Gasteiger partial charge in [-0.05, 0) is 55.7 Å². The van der Waals surface area contributed by atoms with Gasteiger partial charge < -0.3 is 25.6 Å². The van der Waals surface area contributed by atoms with E-state index in [0.29, 0.717) is 30.0 Å². The molecule has 0 radical (unpaired) electrons. The molecule has 4 N–H and O–H groups in total. The summed E-state index contributed by atoms with van der Waals surface area (Å²) in [6.45, 7) is 7.18. The van der Waals surface area contributed by atoms with Crippen LogP contribution in [0, 0.1) is 17.3 Å². The van der Waals surface area contributed by atoms with E-state index in [1.54, 1.807) is 39.0 Å². The molecule has 1 saturated heterocycles. The number of nitrogens with zero attached hydrogens (tertiary/aromatic N) is 1. The van der Waals surface area contributed by atoms with Crippen molar-refractivity contribution < 1.29 is 38.3 Å². The van der Waals surface area contributed by atoms with Crippen molar-refractivity contribution in [2.75, 3.05) is 13.7 Å². The van der Waals surface area contributed by atoms with Gasteiger partial charge in [-0.1, -0.05) is 70.0 Å². The van der Waals surface area contributed by atoms with Crippen LogP contribution in [0.25, 0.3) is 5.70 Å². The highest BCUT2D eigenvalue weighted by Crippen LogP contribution is 2.39. The molecule has 14 heteroatoms. The molecule has 276 valence electrons. The quantitative estimate of drug-likeness (QED) is 0.144. The number of carbonyl (C=O) groups is 6. The number of ketones is 1. The van der Waals surface area contributed by atoms with Crippen molar-refractivity contribution in [1.29, 1.82) is 0 Å². The lowest BCUT2D eigenvalue weighted by Gasteiger charge is -2.37. The number of amides is 4. The summed E-state index contributed by atoms with van der Waals surface area (Å²) < 4.78 is 4.96. The van der Waals surface area contributed by atoms with Gasteiger partial charge in [0.05, 0.1) is 37.2 Å². The molecule has 1 saturated carbocycles. The SMILES string of the molecule is CCC[C@H](NC(=O)[C@@H]1C[C@]2(C=C(c3cccc(Cl)c3)NO2)CN1C(=O)[C@@H](NC(=O)C1CC=CCC1C(=O)OC)C(C)(C)C)C(=O)C(=O)NC1CC1. The van der Waals surface area contributed by atoms with Crippen LogP contribution in [0.3, 0.4) is 0 Å². The molecule has 4 amide bonds. The third kappa shape index (κ3) is 8.81. The largest absolute Gasteiger partial charge is 0.469 e. The number of Topliss-reactive ketones (excluding diaryl/α,β-unsaturated/α-hetero) is 1. The number of nitrogens with one attached hydrogen (secondary N) is 4. The van der Waals surface area contributed by atoms with Crippen molar-refractivity contribution in [2.45, 2.75) is 102 Å². The van der Waals surface area contributed by atoms with Crippen LogP contribution in [0.4, 0.5) is 0 Å². The molecule has 51 heavy (non-hydrogen) atoms. The van der Waals surface area contributed by atoms with Gasteiger partial charge in [-0.2, -0.15) is 0 Å². The number of allylic oxidation sites excluding steroid dienone is 2. The van der Waals surface area contributed by atoms with Gasteiger partial charge in [-0.15, -0.1) is 0 Å². The normalized spacial score (nSPS) is 25.3. The first-order chi connectivity index (χ1) is 24.2. The van der Waals surface area contributed by atoms with Crippen LogP contribution < -0.4 is 21.4 Å². The van der Waals surface area contributed by atoms with Crippen LogP contribution in [0.1, 0.15) is 78.2 Å². The van der Waals surface area contributed by atoms with Gasteiger partial charge in [-0.25, -0.2) is 0 Å². The second-order valence-corrected chi connectivity index (χ2v) is 15.4. The number of hydroxylamine groups is 1. The van der Waals surface area contributed by atoms with E-state index in [-0.39, 0.29) is 25.4 Å². The van der Waals surface area contributed by atoms with E-state index in [4.69, 9.17) is 21.2 Å². The maximum Gasteiger partial charge on any atom is 0.309 e. The molecule has 2 aliphatic carbocycles. The lowest BCUT2D eigenvalue weighted by molar-refractivity contribution is -0.151. The Morgan fingerprint density at radius 1 is 1.06 bits per heavy atom. The third-order valence-corrected chi connectivity index (χ3v) is 10.1. The molecule has 1 aromatic carbocycles. The zero-order valence-electron chi connectivity index (χ0n) is 29.8. The Hall–Kier alpha value is -4.23. The monoisotopic (exact) mass is 725 g/mol. The number of ether oxygens (including phenoxy) is 1. The van der Waals surface area contributed by atoms with Gasteiger partial charge >= 0.3 is 5.97 Å². The van der Waals surface area contributed by atoms with E-state index < -0.39 is 76.4 Å². The van der Waals surface area contributed by atoms with E-state index in [1.165, 1.54) is 12.0 Å². The fourth-order valence-corrected chi connectivity index (χ4v) is 7.06. The number of esters is 1. The molecule has 1 spiro atoms. The van der Waals surface area contributed by atoms with E-state index in [1.807, 2.05) is 31.2 Å². The van der Waals surface area contributed by atoms with E-state index in [0.717, 1.165) is 18.4 Å². The first-order valence-corrected chi connectivity index (χ1v) is 18.0. The summed E-state index contributed by atoms with van der Waals surface area (Å²) in [5.74, 6) is -5.09. The fourth-order valence-electron chi connectivity index (χ4n) is 6.87. The molecule has 2 heterocycles. The maximum absolute atomic E-state index is 14.7. The van der Waals surface area contributed by atoms with Crippen molar-refractivity contribution in [3.05, 3.63) is 53.1 Å². The molecular formula is C37H48ClN5O8. The number of rotatable bonds is 12. The Labute approximate surface area is 303 Å². The third-order valence-electron chi connectivity index (χ3n) is 9.87. The molecule has 0 bridgehead atoms. The van der Waals surface area contributed by atoms with Gasteiger partial charge in [0.15, 0.2) is 0 Å². The fraction of sp³-hybridized carbons (Fsp3) is 0.568. The lowest BCUT2D eigenvalue weighted by Crippen LogP contribution is -2.60. The summed E-state index contributed by atoms with van der Waals surface area (Å²) in [6.07, 6.45) is 8.46. The molecule has 6 atom stereocenters. The van der Waals surface area contributed by atoms with Gasteiger partial charge in [0.1, 0.15) is 17.7 Å². The van der Waals surface area contributed by atoms with Crippen molar-refractivity contribution in [2.24, 2.45) is 17.3 Å². The van der Waals surface area contributed by atoms with E-state index >= 15 is 0 Å². The summed E-state index contributed by atoms with van der Waals surface area (Å²) >= 11 is 6.25. The Kier molecular flexibility index (Phi) is 11.6. The molecule has 4 aliphatic rings. The second kappa shape index (κ2) is 15.6. The number of carbonyl (C=O) groups excluding carboxylic acids is 6. The van der Waals surface area contributed by atoms with Gasteiger partial charge in [-0.3, -0.25) is 39.1 Å². The number of halogens is 1. The van der Waals surface area contributed by atoms with Crippen LogP contribution in [-0.4, -0.2) is 83.7 Å². The van der Waals surface area contributed by atoms with Crippen LogP contribution in [0.15, 0.2) is 42.5 Å². The molecule has 0 aromatic heterocycles. The summed E-state index contributed by atoms with van der Waals surface area (Å²) in [5, 5.41) is 8.89. The zero-order chi connectivity index (χ0) is 37.1. The van der Waals surface area contributed by atoms with Crippen LogP contribution >= 0.6 is 11.6 Å². The number of methoxy groups -OCH3 is 1. The van der Waals surface area contributed by atoms with E-state index in [2.05, 4.69) is 21.4 Å². The highest BCUT2D eigenvalue weighted by atomic mass is 35.5. The van der Waals surface area contributed by atoms with Crippen molar-refractivity contribution in [3.63, 3.8) is 0 Å². The Morgan fingerprint density at radius 2 is 1.76 bits per heavy atom. The Morgan fingerprint density at radius 3 is 2.39 bits per heavy atom. The summed E-state index contributed by atoms with van der Waals surface area (Å²) in [6, 6.07) is 3.76. The molecular weight excluding hydrogens is 678 g/mol. The van der Waals surface area contributed by atoms with Crippen LogP contribution in [0.2, 0.25) is 5.02 Å². The number of hydrogen-bond acceptors (Lipinski definition) is 9. The standard InChI is InChI=1S/C37H48ClN5O8/c1-6-10-26(29(44)33(47)39-23-15-16-23)40-32(46)28-19-37(18-27(42-51-37)21-11-9-12-22(38)17-21)20-43(28)34(48)30(36(2,3)4)41-31(45)24-13-7-8-14-25(24)35(49)50-5/h7-9,11-12,17-18,23-26,28,30,42H,6,10,13-16,19-20H2,1-5H3,(H,39,47)(H,40,46)(H,41,45)/t24?,25?,26-,28-,30+,37+/m0/s1. The zero-order valence-corrected chi connectivity index (χ0v) is 30.5. The molecule has 5 rings (SSSR count). The minimum absolute atomic E-state index is 0.0194. The van der Waals surface area contributed by atoms with Gasteiger partial charge in [0.25, 0.3) is 5.91 Å². The number of benzene rings is 1. The van der Waals surface area contributed by atoms with E-state index in [9.17, 15) is 28.8 Å². The summed E-state index contributed by atoms with van der Waals surface area (Å²) in [5.41, 5.74) is 2.29. The predicted octanol–water partition coefficient (Wildman–Crippen LogP) is 2.97. The summed E-state index contributed by atoms with van der Waals surface area (Å²) in [4.78, 5) is 88.6. The van der Waals surface area contributed by atoms with Gasteiger partial charge in [0, 0.05) is 23.0 Å². The predicted molar refractivity (Wildman–Crippen MR) is 188 cm³/mol. The minimum atomic E-state index is -1.15. The number of likely N-dealkylation sites (tertiary alicyclic amines) is 1. The first-order valence-electron chi connectivity index (χ1n) is 17.6. The summed E-state index contributed by atoms with van der Waals surface area (Å²) in [7, 11) is 1.27. The molecule has 1 aromatic rings. The van der Waals surface area contributed by atoms with Crippen LogP contribution in [-0.2, 0) is 38.3 Å². The van der Waals surface area contributed by atoms with Crippen molar-refractivity contribution in [1.82, 2.24) is 26.3 Å². The topological polar surface area (TPSA) is 172 Å². The average Bonchev–Trinajstić information content (AvgIpc) is 3.69. The van der Waals surface area contributed by atoms with Crippen molar-refractivity contribution in [3.8, 4) is 0 Å². The molecule has 2 aliphatic heterocycles. The van der Waals surface area contributed by atoms with Crippen LogP contribution in [0.5, 0.6) is 0 Å². The van der Waals surface area contributed by atoms with Gasteiger partial charge in [0.2, 0.25) is 23.5 Å². The highest BCUT2D eigenvalue weighted by Gasteiger charge is 2.54. The first kappa shape index (κ1) is 38.0. The maximum atomic E-state index is 14.7. The lowest BCUT2D eigenvalue weighted by atomic mass is 9.80.